The van der Waals surface area contributed by atoms with Gasteiger partial charge in [-0.25, -0.2) is 9.97 Å². The first-order chi connectivity index (χ1) is 10.8. The summed E-state index contributed by atoms with van der Waals surface area (Å²) in [7, 11) is 3.24. The Bertz CT molecular complexity index is 732. The second kappa shape index (κ2) is 6.44. The number of hydrogen-bond donors (Lipinski definition) is 0. The highest BCUT2D eigenvalue weighted by Crippen LogP contribution is 2.38. The molecule has 0 saturated heterocycles. The second-order valence-corrected chi connectivity index (χ2v) is 5.25. The van der Waals surface area contributed by atoms with Gasteiger partial charge in [-0.1, -0.05) is 6.07 Å². The van der Waals surface area contributed by atoms with Crippen LogP contribution < -0.4 is 14.4 Å². The van der Waals surface area contributed by atoms with Gasteiger partial charge in [0, 0.05) is 23.8 Å². The smallest absolute Gasteiger partial charge is 0.195 e. The minimum absolute atomic E-state index is 0.664. The number of benzene rings is 1. The van der Waals surface area contributed by atoms with E-state index in [4.69, 9.17) is 9.47 Å². The first-order valence-electron chi connectivity index (χ1n) is 6.66. The van der Waals surface area contributed by atoms with E-state index in [2.05, 4.69) is 9.97 Å². The van der Waals surface area contributed by atoms with Crippen LogP contribution in [-0.2, 0) is 0 Å². The molecular weight excluding hydrogens is 298 g/mol. The van der Waals surface area contributed by atoms with Crippen LogP contribution in [0.15, 0.2) is 54.2 Å². The number of anilines is 3. The molecule has 0 radical (unpaired) electrons. The molecule has 0 fully saturated rings. The molecule has 22 heavy (non-hydrogen) atoms. The van der Waals surface area contributed by atoms with Crippen molar-refractivity contribution in [3.05, 3.63) is 54.2 Å². The quantitative estimate of drug-likeness (QED) is 0.712. The topological polar surface area (TPSA) is 47.5 Å². The molecule has 112 valence electrons. The van der Waals surface area contributed by atoms with E-state index in [9.17, 15) is 0 Å². The lowest BCUT2D eigenvalue weighted by Crippen LogP contribution is -2.11. The van der Waals surface area contributed by atoms with Crippen LogP contribution in [0.5, 0.6) is 11.5 Å². The van der Waals surface area contributed by atoms with Crippen molar-refractivity contribution in [1.82, 2.24) is 9.97 Å². The first-order valence-corrected chi connectivity index (χ1v) is 7.54. The van der Waals surface area contributed by atoms with Crippen molar-refractivity contribution in [2.75, 3.05) is 19.1 Å². The van der Waals surface area contributed by atoms with Crippen molar-refractivity contribution < 1.29 is 9.47 Å². The lowest BCUT2D eigenvalue weighted by molar-refractivity contribution is 0.355. The van der Waals surface area contributed by atoms with E-state index in [0.29, 0.717) is 11.5 Å². The van der Waals surface area contributed by atoms with Gasteiger partial charge >= 0.3 is 0 Å². The molecule has 0 atom stereocenters. The van der Waals surface area contributed by atoms with Gasteiger partial charge in [-0.2, -0.15) is 0 Å². The standard InChI is InChI=1S/C16H15N3O2S/c1-20-13-7-6-12(11-14(13)21-2)19(16-18-9-10-22-16)15-5-3-4-8-17-15/h3-11H,1-2H3. The summed E-state index contributed by atoms with van der Waals surface area (Å²) in [6, 6.07) is 11.5. The molecule has 0 amide bonds. The number of thiazole rings is 1. The molecule has 0 aliphatic heterocycles. The Labute approximate surface area is 132 Å². The number of hydrogen-bond acceptors (Lipinski definition) is 6. The molecule has 3 rings (SSSR count). The highest BCUT2D eigenvalue weighted by molar-refractivity contribution is 7.13. The summed E-state index contributed by atoms with van der Waals surface area (Å²) in [5.41, 5.74) is 0.909. The van der Waals surface area contributed by atoms with Gasteiger partial charge in [0.25, 0.3) is 0 Å². The van der Waals surface area contributed by atoms with Gasteiger partial charge in [0.1, 0.15) is 5.82 Å². The van der Waals surface area contributed by atoms with Crippen LogP contribution >= 0.6 is 11.3 Å². The van der Waals surface area contributed by atoms with Gasteiger partial charge in [0.15, 0.2) is 16.6 Å². The molecule has 0 unspecified atom stereocenters. The normalized spacial score (nSPS) is 10.3. The largest absolute Gasteiger partial charge is 0.493 e. The van der Waals surface area contributed by atoms with Gasteiger partial charge in [-0.05, 0) is 24.3 Å². The molecule has 0 aliphatic carbocycles. The monoisotopic (exact) mass is 313 g/mol. The maximum atomic E-state index is 5.39. The van der Waals surface area contributed by atoms with Crippen molar-refractivity contribution in [3.63, 3.8) is 0 Å². The fourth-order valence-corrected chi connectivity index (χ4v) is 2.79. The number of rotatable bonds is 5. The van der Waals surface area contributed by atoms with E-state index in [0.717, 1.165) is 16.6 Å². The van der Waals surface area contributed by atoms with Crippen LogP contribution in [0.4, 0.5) is 16.6 Å². The summed E-state index contributed by atoms with van der Waals surface area (Å²) in [5.74, 6) is 2.15. The van der Waals surface area contributed by atoms with Crippen LogP contribution in [0.3, 0.4) is 0 Å². The van der Waals surface area contributed by atoms with E-state index in [1.54, 1.807) is 38.0 Å². The third kappa shape index (κ3) is 2.73. The molecule has 6 heteroatoms. The number of methoxy groups -OCH3 is 2. The fourth-order valence-electron chi connectivity index (χ4n) is 2.12. The van der Waals surface area contributed by atoms with Crippen molar-refractivity contribution >= 4 is 28.0 Å². The third-order valence-electron chi connectivity index (χ3n) is 3.11. The SMILES string of the molecule is COc1ccc(N(c2ccccn2)c2nccs2)cc1OC. The minimum atomic E-state index is 0.664. The van der Waals surface area contributed by atoms with Crippen molar-refractivity contribution in [3.8, 4) is 11.5 Å². The molecule has 0 N–H and O–H groups in total. The second-order valence-electron chi connectivity index (χ2n) is 4.38. The average Bonchev–Trinajstić information content (AvgIpc) is 3.10. The fraction of sp³-hybridized carbons (Fsp3) is 0.125. The minimum Gasteiger partial charge on any atom is -0.493 e. The Kier molecular flexibility index (Phi) is 4.20. The molecule has 2 aromatic heterocycles. The summed E-state index contributed by atoms with van der Waals surface area (Å²) in [6.07, 6.45) is 3.54. The Hall–Kier alpha value is -2.60. The summed E-state index contributed by atoms with van der Waals surface area (Å²) in [4.78, 5) is 10.8. The Morgan fingerprint density at radius 2 is 1.82 bits per heavy atom. The summed E-state index contributed by atoms with van der Waals surface area (Å²) < 4.78 is 10.7. The van der Waals surface area contributed by atoms with E-state index >= 15 is 0 Å². The first kappa shape index (κ1) is 14.3. The van der Waals surface area contributed by atoms with Crippen LogP contribution in [0, 0.1) is 0 Å². The maximum absolute atomic E-state index is 5.39. The zero-order valence-electron chi connectivity index (χ0n) is 12.3. The Balaban J connectivity index is 2.11. The predicted molar refractivity (Wildman–Crippen MR) is 87.7 cm³/mol. The van der Waals surface area contributed by atoms with Crippen molar-refractivity contribution in [2.24, 2.45) is 0 Å². The molecule has 0 aliphatic rings. The lowest BCUT2D eigenvalue weighted by atomic mass is 10.2. The molecule has 1 aromatic carbocycles. The predicted octanol–water partition coefficient (Wildman–Crippen LogP) is 4.03. The third-order valence-corrected chi connectivity index (χ3v) is 3.87. The summed E-state index contributed by atoms with van der Waals surface area (Å²) in [5, 5.41) is 2.78. The maximum Gasteiger partial charge on any atom is 0.195 e. The zero-order chi connectivity index (χ0) is 15.4. The average molecular weight is 313 g/mol. The van der Waals surface area contributed by atoms with E-state index in [-0.39, 0.29) is 0 Å². The van der Waals surface area contributed by atoms with Crippen LogP contribution in [0.1, 0.15) is 0 Å². The van der Waals surface area contributed by atoms with E-state index in [1.807, 2.05) is 46.7 Å². The molecule has 0 bridgehead atoms. The molecule has 0 saturated carbocycles. The lowest BCUT2D eigenvalue weighted by Gasteiger charge is -2.22. The van der Waals surface area contributed by atoms with Crippen LogP contribution in [0.2, 0.25) is 0 Å². The van der Waals surface area contributed by atoms with E-state index < -0.39 is 0 Å². The molecule has 3 aromatic rings. The van der Waals surface area contributed by atoms with Crippen molar-refractivity contribution in [1.29, 1.82) is 0 Å². The Morgan fingerprint density at radius 1 is 0.955 bits per heavy atom. The number of aromatic nitrogens is 2. The summed E-state index contributed by atoms with van der Waals surface area (Å²) >= 11 is 1.55. The number of pyridine rings is 1. The van der Waals surface area contributed by atoms with Gasteiger partial charge in [-0.15, -0.1) is 11.3 Å². The molecule has 0 spiro atoms. The van der Waals surface area contributed by atoms with Gasteiger partial charge in [-0.3, -0.25) is 4.90 Å². The van der Waals surface area contributed by atoms with E-state index in [1.165, 1.54) is 0 Å². The van der Waals surface area contributed by atoms with Crippen LogP contribution in [-0.4, -0.2) is 24.2 Å². The number of nitrogens with zero attached hydrogens (tertiary/aromatic N) is 3. The molecule has 5 nitrogen and oxygen atoms in total. The number of ether oxygens (including phenoxy) is 2. The van der Waals surface area contributed by atoms with Gasteiger partial charge < -0.3 is 9.47 Å². The Morgan fingerprint density at radius 3 is 2.45 bits per heavy atom. The van der Waals surface area contributed by atoms with Gasteiger partial charge in [0.2, 0.25) is 0 Å². The highest BCUT2D eigenvalue weighted by Gasteiger charge is 2.17. The highest BCUT2D eigenvalue weighted by atomic mass is 32.1. The molecule has 2 heterocycles. The van der Waals surface area contributed by atoms with Gasteiger partial charge in [0.05, 0.1) is 19.9 Å². The van der Waals surface area contributed by atoms with Crippen LogP contribution in [0.25, 0.3) is 0 Å². The molecular formula is C16H15N3O2S. The summed E-state index contributed by atoms with van der Waals surface area (Å²) in [6.45, 7) is 0. The van der Waals surface area contributed by atoms with Crippen molar-refractivity contribution in [2.45, 2.75) is 0 Å². The zero-order valence-corrected chi connectivity index (χ0v) is 13.1.